The van der Waals surface area contributed by atoms with Crippen molar-refractivity contribution in [2.75, 3.05) is 84.3 Å². The molecule has 4 saturated heterocycles. The van der Waals surface area contributed by atoms with Gasteiger partial charge >= 0.3 is 6.03 Å². The number of hydrogen-bond donors (Lipinski definition) is 3. The fourth-order valence-electron chi connectivity index (χ4n) is 9.29. The van der Waals surface area contributed by atoms with E-state index in [1.807, 2.05) is 25.4 Å². The lowest BCUT2D eigenvalue weighted by Crippen LogP contribution is -2.74. The Morgan fingerprint density at radius 2 is 1.66 bits per heavy atom. The molecule has 5 aromatic rings. The van der Waals surface area contributed by atoms with E-state index in [2.05, 4.69) is 102 Å². The predicted molar refractivity (Wildman–Crippen MR) is 219 cm³/mol. The zero-order valence-corrected chi connectivity index (χ0v) is 31.8. The Labute approximate surface area is 326 Å². The summed E-state index contributed by atoms with van der Waals surface area (Å²) in [5.74, 6) is 1.02. The van der Waals surface area contributed by atoms with Crippen LogP contribution in [-0.2, 0) is 4.79 Å². The molecule has 5 aliphatic heterocycles. The zero-order valence-electron chi connectivity index (χ0n) is 31.8. The van der Waals surface area contributed by atoms with Gasteiger partial charge in [0.25, 0.3) is 0 Å². The van der Waals surface area contributed by atoms with E-state index in [1.165, 1.54) is 37.3 Å². The van der Waals surface area contributed by atoms with Crippen molar-refractivity contribution in [2.45, 2.75) is 39.2 Å². The number of urea groups is 1. The van der Waals surface area contributed by atoms with E-state index in [0.717, 1.165) is 82.9 Å². The molecule has 0 atom stereocenters. The number of fused-ring (bicyclic) bond motifs is 2. The molecule has 10 rings (SSSR count). The molecule has 0 bridgehead atoms. The molecular weight excluding hydrogens is 705 g/mol. The number of amides is 3. The normalized spacial score (nSPS) is 19.5. The molecule has 3 aromatic carbocycles. The Balaban J connectivity index is 0.710. The lowest BCUT2D eigenvalue weighted by atomic mass is 9.71. The van der Waals surface area contributed by atoms with Crippen molar-refractivity contribution in [1.29, 1.82) is 0 Å². The van der Waals surface area contributed by atoms with E-state index < -0.39 is 0 Å². The van der Waals surface area contributed by atoms with E-state index in [-0.39, 0.29) is 11.9 Å². The summed E-state index contributed by atoms with van der Waals surface area (Å²) in [5, 5.41) is 10.3. The number of anilines is 6. The smallest absolute Gasteiger partial charge is 0.328 e. The Bertz CT molecular complexity index is 2350. The molecule has 0 unspecified atom stereocenters. The molecule has 286 valence electrons. The van der Waals surface area contributed by atoms with Crippen molar-refractivity contribution < 1.29 is 14.3 Å². The summed E-state index contributed by atoms with van der Waals surface area (Å²) in [6.45, 7) is 12.6. The number of rotatable bonds is 7. The van der Waals surface area contributed by atoms with Gasteiger partial charge in [0.05, 0.1) is 5.52 Å². The van der Waals surface area contributed by atoms with E-state index >= 15 is 0 Å². The summed E-state index contributed by atoms with van der Waals surface area (Å²) < 4.78 is 5.72. The second-order valence-corrected chi connectivity index (χ2v) is 16.1. The van der Waals surface area contributed by atoms with Gasteiger partial charge in [0.1, 0.15) is 12.3 Å². The summed E-state index contributed by atoms with van der Waals surface area (Å²) in [6, 6.07) is 21.5. The van der Waals surface area contributed by atoms with Gasteiger partial charge in [0.15, 0.2) is 0 Å². The van der Waals surface area contributed by atoms with Gasteiger partial charge in [0, 0.05) is 116 Å². The van der Waals surface area contributed by atoms with Crippen LogP contribution in [0.4, 0.5) is 39.2 Å². The number of ether oxygens (including phenoxy) is 1. The molecule has 4 fully saturated rings. The van der Waals surface area contributed by atoms with Gasteiger partial charge in [-0.3, -0.25) is 19.9 Å². The van der Waals surface area contributed by atoms with Crippen LogP contribution in [0.5, 0.6) is 5.88 Å². The molecule has 0 radical (unpaired) electrons. The molecule has 13 heteroatoms. The Hall–Kier alpha value is -5.95. The number of carbonyl (C=O) groups excluding carboxylic acids is 2. The molecular formula is C43H46N10O3. The van der Waals surface area contributed by atoms with Crippen LogP contribution in [0.25, 0.3) is 22.0 Å². The van der Waals surface area contributed by atoms with Crippen LogP contribution in [0.3, 0.4) is 0 Å². The third-order valence-electron chi connectivity index (χ3n) is 12.3. The van der Waals surface area contributed by atoms with Crippen LogP contribution in [0, 0.1) is 19.3 Å². The number of pyridine rings is 1. The van der Waals surface area contributed by atoms with E-state index in [0.29, 0.717) is 42.9 Å². The Morgan fingerprint density at radius 1 is 0.857 bits per heavy atom. The molecule has 2 aromatic heterocycles. The number of piperidine rings is 1. The second kappa shape index (κ2) is 13.7. The lowest BCUT2D eigenvalue weighted by Gasteiger charge is -2.63. The highest BCUT2D eigenvalue weighted by Gasteiger charge is 2.53. The molecule has 3 amide bonds. The van der Waals surface area contributed by atoms with Crippen LogP contribution < -0.4 is 35.4 Å². The van der Waals surface area contributed by atoms with Crippen molar-refractivity contribution in [3.05, 3.63) is 84.2 Å². The maximum Gasteiger partial charge on any atom is 0.328 e. The third kappa shape index (κ3) is 6.29. The molecule has 5 aliphatic rings. The zero-order chi connectivity index (χ0) is 38.0. The van der Waals surface area contributed by atoms with Gasteiger partial charge in [0.2, 0.25) is 17.7 Å². The number of likely N-dealkylation sites (tertiary alicyclic amines) is 1. The monoisotopic (exact) mass is 750 g/mol. The predicted octanol–water partition coefficient (Wildman–Crippen LogP) is 6.09. The van der Waals surface area contributed by atoms with Crippen molar-refractivity contribution in [3.8, 4) is 17.0 Å². The van der Waals surface area contributed by atoms with Crippen LogP contribution in [-0.4, -0.2) is 96.8 Å². The minimum Gasteiger partial charge on any atom is -0.474 e. The van der Waals surface area contributed by atoms with Crippen molar-refractivity contribution >= 4 is 57.2 Å². The second-order valence-electron chi connectivity index (χ2n) is 16.1. The quantitative estimate of drug-likeness (QED) is 0.179. The highest BCUT2D eigenvalue weighted by molar-refractivity contribution is 6.06. The number of nitrogens with one attached hydrogen (secondary N) is 3. The number of aryl methyl sites for hydroxylation is 1. The molecule has 0 saturated carbocycles. The third-order valence-corrected chi connectivity index (χ3v) is 12.3. The minimum absolute atomic E-state index is 0.209. The first-order valence-electron chi connectivity index (χ1n) is 19.7. The highest BCUT2D eigenvalue weighted by atomic mass is 16.5. The van der Waals surface area contributed by atoms with Gasteiger partial charge in [-0.05, 0) is 91.9 Å². The molecule has 13 nitrogen and oxygen atoms in total. The first-order chi connectivity index (χ1) is 27.3. The average Bonchev–Trinajstić information content (AvgIpc) is 3.18. The first-order valence-corrected chi connectivity index (χ1v) is 19.7. The largest absolute Gasteiger partial charge is 0.474 e. The molecule has 3 N–H and O–H groups in total. The van der Waals surface area contributed by atoms with Crippen molar-refractivity contribution in [3.63, 3.8) is 0 Å². The van der Waals surface area contributed by atoms with Crippen LogP contribution in [0.2, 0.25) is 0 Å². The summed E-state index contributed by atoms with van der Waals surface area (Å²) in [5.41, 5.74) is 10.8. The van der Waals surface area contributed by atoms with E-state index in [4.69, 9.17) is 9.72 Å². The van der Waals surface area contributed by atoms with Gasteiger partial charge in [-0.2, -0.15) is 0 Å². The number of benzene rings is 3. The fraction of sp³-hybridized carbons (Fsp3) is 0.372. The SMILES string of the molecule is Cc1cc(N2CC3(C2)CN(C2CCN(c4ccc(Nc5ncc6ccc(-c7cnc8c(c7C)NCCO8)cc6n5)cc4)CC2)C3)ccc1N1CCC(=O)NC1=O. The van der Waals surface area contributed by atoms with E-state index in [1.54, 1.807) is 4.90 Å². The highest BCUT2D eigenvalue weighted by Crippen LogP contribution is 2.45. The average molecular weight is 751 g/mol. The van der Waals surface area contributed by atoms with Crippen molar-refractivity contribution in [2.24, 2.45) is 5.41 Å². The van der Waals surface area contributed by atoms with E-state index in [9.17, 15) is 9.59 Å². The number of nitrogens with zero attached hydrogens (tertiary/aromatic N) is 7. The fourth-order valence-corrected chi connectivity index (χ4v) is 9.29. The number of carbonyl (C=O) groups is 2. The molecule has 56 heavy (non-hydrogen) atoms. The first kappa shape index (κ1) is 34.5. The molecule has 1 spiro atoms. The summed E-state index contributed by atoms with van der Waals surface area (Å²) in [7, 11) is 0. The Kier molecular flexibility index (Phi) is 8.42. The number of aromatic nitrogens is 3. The summed E-state index contributed by atoms with van der Waals surface area (Å²) in [6.07, 6.45) is 6.43. The summed E-state index contributed by atoms with van der Waals surface area (Å²) in [4.78, 5) is 47.3. The lowest BCUT2D eigenvalue weighted by molar-refractivity contribution is -0.120. The van der Waals surface area contributed by atoms with Crippen LogP contribution in [0.1, 0.15) is 30.4 Å². The van der Waals surface area contributed by atoms with Gasteiger partial charge in [-0.15, -0.1) is 0 Å². The van der Waals surface area contributed by atoms with Crippen LogP contribution >= 0.6 is 0 Å². The maximum atomic E-state index is 12.4. The standard InChI is InChI=1S/C43H46N10O3/c1-27-19-34(9-10-37(27)53-17-13-38(54)49-42(53)55)52-25-43(26-52)23-51(24-43)33-11-15-50(16-12-33)32-7-5-31(6-8-32)47-41-46-21-30-4-3-29(20-36(30)48-41)35-22-45-40-39(28(35)2)44-14-18-56-40/h3-10,19-22,33,44H,11-18,23-26H2,1-2H3,(H,46,47,48)(H,49,54,55). The topological polar surface area (TPSA) is 131 Å². The van der Waals surface area contributed by atoms with Crippen molar-refractivity contribution in [1.82, 2.24) is 25.2 Å². The molecule has 7 heterocycles. The Morgan fingerprint density at radius 3 is 2.45 bits per heavy atom. The number of imide groups is 1. The van der Waals surface area contributed by atoms with Gasteiger partial charge in [-0.25, -0.2) is 19.7 Å². The number of hydrogen-bond acceptors (Lipinski definition) is 11. The summed E-state index contributed by atoms with van der Waals surface area (Å²) >= 11 is 0. The molecule has 0 aliphatic carbocycles. The van der Waals surface area contributed by atoms with Gasteiger partial charge < -0.3 is 25.2 Å². The van der Waals surface area contributed by atoms with Gasteiger partial charge in [-0.1, -0.05) is 12.1 Å². The maximum absolute atomic E-state index is 12.4. The van der Waals surface area contributed by atoms with Crippen LogP contribution in [0.15, 0.2) is 73.1 Å². The minimum atomic E-state index is -0.334.